The first-order valence-electron chi connectivity index (χ1n) is 5.97. The van der Waals surface area contributed by atoms with Crippen molar-refractivity contribution in [2.45, 2.75) is 12.5 Å². The Labute approximate surface area is 132 Å². The molecule has 2 aromatic carbocycles. The number of benzene rings is 2. The van der Waals surface area contributed by atoms with Crippen LogP contribution in [0.25, 0.3) is 0 Å². The van der Waals surface area contributed by atoms with Crippen LogP contribution in [0.1, 0.15) is 17.2 Å². The molecule has 0 fully saturated rings. The Morgan fingerprint density at radius 1 is 1.11 bits per heavy atom. The number of hydrogen-bond donors (Lipinski definition) is 1. The van der Waals surface area contributed by atoms with E-state index in [2.05, 4.69) is 33.4 Å². The van der Waals surface area contributed by atoms with Crippen LogP contribution in [0.5, 0.6) is 0 Å². The van der Waals surface area contributed by atoms with Gasteiger partial charge < -0.3 is 5.32 Å². The third-order valence-electron chi connectivity index (χ3n) is 3.05. The second kappa shape index (κ2) is 6.76. The van der Waals surface area contributed by atoms with E-state index in [0.29, 0.717) is 10.0 Å². The van der Waals surface area contributed by atoms with Crippen LogP contribution in [-0.2, 0) is 6.42 Å². The van der Waals surface area contributed by atoms with Gasteiger partial charge in [-0.15, -0.1) is 0 Å². The Morgan fingerprint density at radius 3 is 2.47 bits per heavy atom. The minimum absolute atomic E-state index is 0.229. The van der Waals surface area contributed by atoms with Crippen molar-refractivity contribution >= 4 is 39.1 Å². The molecule has 0 aliphatic rings. The van der Waals surface area contributed by atoms with Crippen LogP contribution in [0, 0.1) is 0 Å². The number of rotatable bonds is 4. The molecule has 0 radical (unpaired) electrons. The van der Waals surface area contributed by atoms with E-state index >= 15 is 0 Å². The summed E-state index contributed by atoms with van der Waals surface area (Å²) in [6.07, 6.45) is 0.857. The number of likely N-dealkylation sites (N-methyl/N-ethyl adjacent to an activating group) is 1. The first-order chi connectivity index (χ1) is 9.11. The molecule has 2 rings (SSSR count). The molecule has 0 heterocycles. The molecule has 4 heteroatoms. The Kier molecular flexibility index (Phi) is 5.28. The van der Waals surface area contributed by atoms with E-state index in [9.17, 15) is 0 Å². The normalized spacial score (nSPS) is 12.4. The maximum absolute atomic E-state index is 6.06. The largest absolute Gasteiger partial charge is 0.313 e. The second-order valence-electron chi connectivity index (χ2n) is 4.32. The highest BCUT2D eigenvalue weighted by Crippen LogP contribution is 2.28. The van der Waals surface area contributed by atoms with E-state index in [-0.39, 0.29) is 6.04 Å². The molecule has 1 unspecified atom stereocenters. The fourth-order valence-corrected chi connectivity index (χ4v) is 2.91. The molecule has 19 heavy (non-hydrogen) atoms. The molecule has 100 valence electrons. The summed E-state index contributed by atoms with van der Waals surface area (Å²) in [5.74, 6) is 0. The lowest BCUT2D eigenvalue weighted by molar-refractivity contribution is 0.590. The Balaban J connectivity index is 2.24. The minimum Gasteiger partial charge on any atom is -0.313 e. The van der Waals surface area contributed by atoms with E-state index in [1.54, 1.807) is 0 Å². The summed E-state index contributed by atoms with van der Waals surface area (Å²) in [5, 5.41) is 4.52. The molecule has 0 aliphatic heterocycles. The Hall–Kier alpha value is -0.540. The maximum atomic E-state index is 6.06. The van der Waals surface area contributed by atoms with Gasteiger partial charge in [0.2, 0.25) is 0 Å². The monoisotopic (exact) mass is 357 g/mol. The molecule has 0 aromatic heterocycles. The molecular weight excluding hydrogens is 345 g/mol. The van der Waals surface area contributed by atoms with Gasteiger partial charge in [0.05, 0.1) is 10.0 Å². The molecule has 1 N–H and O–H groups in total. The van der Waals surface area contributed by atoms with Crippen molar-refractivity contribution in [3.63, 3.8) is 0 Å². The van der Waals surface area contributed by atoms with Crippen molar-refractivity contribution in [1.82, 2.24) is 5.32 Å². The zero-order valence-electron chi connectivity index (χ0n) is 10.5. The van der Waals surface area contributed by atoms with Crippen molar-refractivity contribution in [1.29, 1.82) is 0 Å². The summed E-state index contributed by atoms with van der Waals surface area (Å²) in [4.78, 5) is 0. The van der Waals surface area contributed by atoms with Crippen LogP contribution in [0.15, 0.2) is 46.9 Å². The highest BCUT2D eigenvalue weighted by atomic mass is 79.9. The van der Waals surface area contributed by atoms with Crippen molar-refractivity contribution in [3.05, 3.63) is 68.1 Å². The van der Waals surface area contributed by atoms with Crippen LogP contribution < -0.4 is 5.32 Å². The van der Waals surface area contributed by atoms with Gasteiger partial charge in [-0.1, -0.05) is 63.4 Å². The fraction of sp³-hybridized carbons (Fsp3) is 0.200. The van der Waals surface area contributed by atoms with Crippen LogP contribution in [0.3, 0.4) is 0 Å². The van der Waals surface area contributed by atoms with E-state index in [1.165, 1.54) is 5.56 Å². The SMILES string of the molecule is CNC(Cc1ccc(Cl)c(Cl)c1)c1ccccc1Br. The van der Waals surface area contributed by atoms with E-state index in [4.69, 9.17) is 23.2 Å². The topological polar surface area (TPSA) is 12.0 Å². The third-order valence-corrected chi connectivity index (χ3v) is 4.51. The van der Waals surface area contributed by atoms with Gasteiger partial charge in [-0.05, 0) is 42.8 Å². The number of halogens is 3. The lowest BCUT2D eigenvalue weighted by atomic mass is 9.99. The summed E-state index contributed by atoms with van der Waals surface area (Å²) in [6.45, 7) is 0. The zero-order chi connectivity index (χ0) is 13.8. The van der Waals surface area contributed by atoms with E-state index in [0.717, 1.165) is 16.5 Å². The molecule has 0 amide bonds. The van der Waals surface area contributed by atoms with E-state index < -0.39 is 0 Å². The summed E-state index contributed by atoms with van der Waals surface area (Å²) in [6, 6.07) is 14.2. The summed E-state index contributed by atoms with van der Waals surface area (Å²) >= 11 is 15.6. The fourth-order valence-electron chi connectivity index (χ4n) is 2.03. The molecule has 0 saturated heterocycles. The number of hydrogen-bond acceptors (Lipinski definition) is 1. The van der Waals surface area contributed by atoms with Crippen LogP contribution >= 0.6 is 39.1 Å². The molecule has 2 aromatic rings. The Morgan fingerprint density at radius 2 is 1.84 bits per heavy atom. The van der Waals surface area contributed by atoms with Crippen molar-refractivity contribution in [2.24, 2.45) is 0 Å². The summed E-state index contributed by atoms with van der Waals surface area (Å²) < 4.78 is 1.11. The molecular formula is C15H14BrCl2N. The smallest absolute Gasteiger partial charge is 0.0595 e. The van der Waals surface area contributed by atoms with Crippen molar-refractivity contribution in [3.8, 4) is 0 Å². The van der Waals surface area contributed by atoms with Gasteiger partial charge in [0.1, 0.15) is 0 Å². The lowest BCUT2D eigenvalue weighted by Gasteiger charge is -2.18. The van der Waals surface area contributed by atoms with Gasteiger partial charge in [0.15, 0.2) is 0 Å². The predicted octanol–water partition coefficient (Wildman–Crippen LogP) is 5.26. The second-order valence-corrected chi connectivity index (χ2v) is 5.98. The van der Waals surface area contributed by atoms with Gasteiger partial charge in [0.25, 0.3) is 0 Å². The van der Waals surface area contributed by atoms with Gasteiger partial charge in [-0.2, -0.15) is 0 Å². The van der Waals surface area contributed by atoms with Gasteiger partial charge >= 0.3 is 0 Å². The summed E-state index contributed by atoms with van der Waals surface area (Å²) in [5.41, 5.74) is 2.39. The van der Waals surface area contributed by atoms with Crippen LogP contribution in [-0.4, -0.2) is 7.05 Å². The highest BCUT2D eigenvalue weighted by molar-refractivity contribution is 9.10. The average molecular weight is 359 g/mol. The first-order valence-corrected chi connectivity index (χ1v) is 7.52. The molecule has 0 saturated carbocycles. The highest BCUT2D eigenvalue weighted by Gasteiger charge is 2.13. The molecule has 0 spiro atoms. The van der Waals surface area contributed by atoms with E-state index in [1.807, 2.05) is 37.4 Å². The standard InChI is InChI=1S/C15H14BrCl2N/c1-19-15(11-4-2-3-5-12(11)16)9-10-6-7-13(17)14(18)8-10/h2-8,15,19H,9H2,1H3. The maximum Gasteiger partial charge on any atom is 0.0595 e. The lowest BCUT2D eigenvalue weighted by Crippen LogP contribution is -2.19. The van der Waals surface area contributed by atoms with Gasteiger partial charge in [0, 0.05) is 10.5 Å². The van der Waals surface area contributed by atoms with Crippen molar-refractivity contribution in [2.75, 3.05) is 7.05 Å². The van der Waals surface area contributed by atoms with Crippen LogP contribution in [0.2, 0.25) is 10.0 Å². The molecule has 0 aliphatic carbocycles. The number of nitrogens with one attached hydrogen (secondary N) is 1. The third kappa shape index (κ3) is 3.73. The van der Waals surface area contributed by atoms with Crippen molar-refractivity contribution < 1.29 is 0 Å². The zero-order valence-corrected chi connectivity index (χ0v) is 13.6. The Bertz CT molecular complexity index is 572. The molecule has 1 nitrogen and oxygen atoms in total. The molecule has 0 bridgehead atoms. The molecule has 1 atom stereocenters. The summed E-state index contributed by atoms with van der Waals surface area (Å²) in [7, 11) is 1.96. The first kappa shape index (κ1) is 14.9. The average Bonchev–Trinajstić information content (AvgIpc) is 2.41. The minimum atomic E-state index is 0.229. The van der Waals surface area contributed by atoms with Gasteiger partial charge in [-0.25, -0.2) is 0 Å². The quantitative estimate of drug-likeness (QED) is 0.786. The van der Waals surface area contributed by atoms with Gasteiger partial charge in [-0.3, -0.25) is 0 Å². The van der Waals surface area contributed by atoms with Crippen LogP contribution in [0.4, 0.5) is 0 Å². The predicted molar refractivity (Wildman–Crippen MR) is 86.1 cm³/mol.